The van der Waals surface area contributed by atoms with Crippen LogP contribution in [0.3, 0.4) is 0 Å². The molecule has 5 heteroatoms. The summed E-state index contributed by atoms with van der Waals surface area (Å²) in [6.07, 6.45) is 4.95. The number of nitrogens with one attached hydrogen (secondary N) is 2. The lowest BCUT2D eigenvalue weighted by Crippen LogP contribution is -2.21. The smallest absolute Gasteiger partial charge is 0.272 e. The van der Waals surface area contributed by atoms with Crippen LogP contribution < -0.4 is 10.9 Å². The third-order valence-electron chi connectivity index (χ3n) is 3.39. The van der Waals surface area contributed by atoms with Gasteiger partial charge in [0, 0.05) is 23.9 Å². The van der Waals surface area contributed by atoms with Gasteiger partial charge in [-0.2, -0.15) is 0 Å². The molecule has 0 radical (unpaired) electrons. The first-order chi connectivity index (χ1) is 8.29. The Morgan fingerprint density at radius 2 is 2.47 bits per heavy atom. The fourth-order valence-corrected chi connectivity index (χ4v) is 2.42. The summed E-state index contributed by atoms with van der Waals surface area (Å²) in [6, 6.07) is 1.87. The highest BCUT2D eigenvalue weighted by Gasteiger charge is 2.19. The van der Waals surface area contributed by atoms with Crippen molar-refractivity contribution in [2.75, 3.05) is 6.54 Å². The van der Waals surface area contributed by atoms with Crippen molar-refractivity contribution in [3.63, 3.8) is 0 Å². The lowest BCUT2D eigenvalue weighted by atomic mass is 10.1. The summed E-state index contributed by atoms with van der Waals surface area (Å²) >= 11 is 0. The molecule has 1 atom stereocenters. The topological polar surface area (TPSA) is 62.2 Å². The molecule has 3 rings (SSSR count). The van der Waals surface area contributed by atoms with Crippen molar-refractivity contribution in [2.45, 2.75) is 32.2 Å². The maximum Gasteiger partial charge on any atom is 0.272 e. The molecule has 90 valence electrons. The molecule has 2 aromatic heterocycles. The minimum Gasteiger partial charge on any atom is -0.309 e. The van der Waals surface area contributed by atoms with Crippen LogP contribution in [0.15, 0.2) is 17.1 Å². The standard InChI is InChI=1S/C12H16N4O/c1-2-8-7-14-16-11(17)6-10(15-12(8)16)9-4-3-5-13-9/h6-7,9,13-14H,2-5H2,1H3. The number of hydrogen-bond donors (Lipinski definition) is 2. The van der Waals surface area contributed by atoms with Gasteiger partial charge in [0.1, 0.15) is 0 Å². The maximum atomic E-state index is 11.9. The van der Waals surface area contributed by atoms with Crippen LogP contribution >= 0.6 is 0 Å². The van der Waals surface area contributed by atoms with Gasteiger partial charge in [-0.3, -0.25) is 9.89 Å². The second-order valence-electron chi connectivity index (χ2n) is 4.48. The van der Waals surface area contributed by atoms with Crippen molar-refractivity contribution in [1.82, 2.24) is 19.9 Å². The molecule has 3 heterocycles. The summed E-state index contributed by atoms with van der Waals surface area (Å²) in [4.78, 5) is 16.6. The zero-order valence-corrected chi connectivity index (χ0v) is 9.86. The SMILES string of the molecule is CCc1c[nH]n2c(=O)cc(C3CCCN3)nc12. The predicted octanol–water partition coefficient (Wildman–Crippen LogP) is 1.01. The van der Waals surface area contributed by atoms with Gasteiger partial charge in [0.25, 0.3) is 5.56 Å². The molecular formula is C12H16N4O. The van der Waals surface area contributed by atoms with Gasteiger partial charge < -0.3 is 5.32 Å². The van der Waals surface area contributed by atoms with Crippen LogP contribution in [0.1, 0.15) is 37.1 Å². The van der Waals surface area contributed by atoms with Gasteiger partial charge in [-0.25, -0.2) is 9.50 Å². The number of H-pyrrole nitrogens is 1. The lowest BCUT2D eigenvalue weighted by molar-refractivity contribution is 0.624. The van der Waals surface area contributed by atoms with Gasteiger partial charge in [-0.05, 0) is 25.8 Å². The molecular weight excluding hydrogens is 216 g/mol. The summed E-state index contributed by atoms with van der Waals surface area (Å²) in [5.41, 5.74) is 2.70. The Morgan fingerprint density at radius 3 is 3.18 bits per heavy atom. The van der Waals surface area contributed by atoms with E-state index in [0.717, 1.165) is 42.7 Å². The van der Waals surface area contributed by atoms with Crippen molar-refractivity contribution < 1.29 is 0 Å². The Kier molecular flexibility index (Phi) is 2.48. The monoisotopic (exact) mass is 232 g/mol. The molecule has 0 saturated carbocycles. The van der Waals surface area contributed by atoms with Gasteiger partial charge in [-0.15, -0.1) is 0 Å². The quantitative estimate of drug-likeness (QED) is 0.812. The number of aromatic amines is 1. The van der Waals surface area contributed by atoms with E-state index < -0.39 is 0 Å². The van der Waals surface area contributed by atoms with Gasteiger partial charge in [-0.1, -0.05) is 6.92 Å². The zero-order valence-electron chi connectivity index (χ0n) is 9.86. The van der Waals surface area contributed by atoms with Gasteiger partial charge in [0.2, 0.25) is 0 Å². The molecule has 0 amide bonds. The van der Waals surface area contributed by atoms with Crippen LogP contribution in [0.4, 0.5) is 0 Å². The average Bonchev–Trinajstić information content (AvgIpc) is 2.97. The molecule has 1 saturated heterocycles. The number of rotatable bonds is 2. The van der Waals surface area contributed by atoms with Crippen molar-refractivity contribution >= 4 is 5.65 Å². The Labute approximate surface area is 98.9 Å². The van der Waals surface area contributed by atoms with E-state index in [9.17, 15) is 4.79 Å². The summed E-state index contributed by atoms with van der Waals surface area (Å²) < 4.78 is 1.51. The highest BCUT2D eigenvalue weighted by molar-refractivity contribution is 5.46. The van der Waals surface area contributed by atoms with Crippen molar-refractivity contribution in [3.05, 3.63) is 33.9 Å². The molecule has 1 aliphatic heterocycles. The molecule has 5 nitrogen and oxygen atoms in total. The first-order valence-electron chi connectivity index (χ1n) is 6.13. The largest absolute Gasteiger partial charge is 0.309 e. The normalized spacial score (nSPS) is 20.2. The maximum absolute atomic E-state index is 11.9. The van der Waals surface area contributed by atoms with Gasteiger partial charge in [0.15, 0.2) is 5.65 Å². The second kappa shape index (κ2) is 4.00. The first kappa shape index (κ1) is 10.5. The number of aryl methyl sites for hydroxylation is 1. The molecule has 0 bridgehead atoms. The molecule has 0 spiro atoms. The number of hydrogen-bond acceptors (Lipinski definition) is 3. The highest BCUT2D eigenvalue weighted by Crippen LogP contribution is 2.21. The van der Waals surface area contributed by atoms with Crippen LogP contribution in [0.2, 0.25) is 0 Å². The molecule has 17 heavy (non-hydrogen) atoms. The van der Waals surface area contributed by atoms with Crippen LogP contribution in [0.5, 0.6) is 0 Å². The molecule has 2 N–H and O–H groups in total. The van der Waals surface area contributed by atoms with E-state index in [1.807, 2.05) is 6.20 Å². The summed E-state index contributed by atoms with van der Waals surface area (Å²) in [7, 11) is 0. The molecule has 2 aromatic rings. The number of aromatic nitrogens is 3. The Bertz CT molecular complexity index is 592. The lowest BCUT2D eigenvalue weighted by Gasteiger charge is -2.09. The second-order valence-corrected chi connectivity index (χ2v) is 4.48. The third kappa shape index (κ3) is 1.67. The zero-order chi connectivity index (χ0) is 11.8. The van der Waals surface area contributed by atoms with E-state index in [1.54, 1.807) is 6.07 Å². The summed E-state index contributed by atoms with van der Waals surface area (Å²) in [5.74, 6) is 0. The van der Waals surface area contributed by atoms with Crippen LogP contribution in [-0.4, -0.2) is 21.1 Å². The Morgan fingerprint density at radius 1 is 1.59 bits per heavy atom. The highest BCUT2D eigenvalue weighted by atomic mass is 16.1. The molecule has 1 unspecified atom stereocenters. The van der Waals surface area contributed by atoms with Crippen LogP contribution in [0, 0.1) is 0 Å². The molecule has 0 aliphatic carbocycles. The predicted molar refractivity (Wildman–Crippen MR) is 65.2 cm³/mol. The van der Waals surface area contributed by atoms with E-state index >= 15 is 0 Å². The van der Waals surface area contributed by atoms with E-state index in [0.29, 0.717) is 0 Å². The molecule has 1 fully saturated rings. The minimum absolute atomic E-state index is 0.0293. The molecule has 0 aromatic carbocycles. The third-order valence-corrected chi connectivity index (χ3v) is 3.39. The Hall–Kier alpha value is -1.62. The van der Waals surface area contributed by atoms with E-state index in [1.165, 1.54) is 4.52 Å². The summed E-state index contributed by atoms with van der Waals surface area (Å²) in [5, 5.41) is 6.32. The summed E-state index contributed by atoms with van der Waals surface area (Å²) in [6.45, 7) is 3.08. The average molecular weight is 232 g/mol. The van der Waals surface area contributed by atoms with Crippen molar-refractivity contribution in [1.29, 1.82) is 0 Å². The van der Waals surface area contributed by atoms with Crippen molar-refractivity contribution in [3.8, 4) is 0 Å². The number of nitrogens with zero attached hydrogens (tertiary/aromatic N) is 2. The fourth-order valence-electron chi connectivity index (χ4n) is 2.42. The van der Waals surface area contributed by atoms with Crippen molar-refractivity contribution in [2.24, 2.45) is 0 Å². The number of fused-ring (bicyclic) bond motifs is 1. The van der Waals surface area contributed by atoms with E-state index in [2.05, 4.69) is 22.3 Å². The van der Waals surface area contributed by atoms with E-state index in [4.69, 9.17) is 0 Å². The van der Waals surface area contributed by atoms with Crippen LogP contribution in [-0.2, 0) is 6.42 Å². The Balaban J connectivity index is 2.17. The fraction of sp³-hybridized carbons (Fsp3) is 0.500. The van der Waals surface area contributed by atoms with E-state index in [-0.39, 0.29) is 11.6 Å². The van der Waals surface area contributed by atoms with Gasteiger partial charge >= 0.3 is 0 Å². The van der Waals surface area contributed by atoms with Crippen LogP contribution in [0.25, 0.3) is 5.65 Å². The first-order valence-corrected chi connectivity index (χ1v) is 6.13. The minimum atomic E-state index is -0.0293. The molecule has 1 aliphatic rings. The van der Waals surface area contributed by atoms with Gasteiger partial charge in [0.05, 0.1) is 5.69 Å².